The zero-order chi connectivity index (χ0) is 20.1. The first kappa shape index (κ1) is 20.4. The average molecular weight is 474 g/mol. The van der Waals surface area contributed by atoms with Crippen LogP contribution in [-0.2, 0) is 4.74 Å². The van der Waals surface area contributed by atoms with Crippen molar-refractivity contribution in [2.45, 2.75) is 37.4 Å². The summed E-state index contributed by atoms with van der Waals surface area (Å²) < 4.78 is 14.6. The Morgan fingerprint density at radius 2 is 1.90 bits per heavy atom. The van der Waals surface area contributed by atoms with Crippen LogP contribution in [0.1, 0.15) is 26.2 Å². The Kier molecular flexibility index (Phi) is 6.90. The smallest absolute Gasteiger partial charge is 0.196 e. The number of thioether (sulfide) groups is 1. The standard InChI is InChI=1S/C22H24BrN3O2S/c1-2-27-19-12-10-18(11-13-19)26-21(16-6-8-17(23)9-7-16)24-25-22(26)29-15-20-5-3-4-14-28-20/h6-13,20H,2-5,14-15H2,1H3/t20-/m1/s1. The van der Waals surface area contributed by atoms with Gasteiger partial charge in [0.1, 0.15) is 5.75 Å². The number of ether oxygens (including phenoxy) is 2. The van der Waals surface area contributed by atoms with E-state index in [1.165, 1.54) is 6.42 Å². The van der Waals surface area contributed by atoms with Gasteiger partial charge in [0.15, 0.2) is 11.0 Å². The van der Waals surface area contributed by atoms with Gasteiger partial charge < -0.3 is 9.47 Å². The zero-order valence-corrected chi connectivity index (χ0v) is 18.8. The van der Waals surface area contributed by atoms with Crippen LogP contribution >= 0.6 is 27.7 Å². The van der Waals surface area contributed by atoms with Crippen LogP contribution in [0.15, 0.2) is 58.2 Å². The van der Waals surface area contributed by atoms with Crippen LogP contribution in [0.3, 0.4) is 0 Å². The molecular weight excluding hydrogens is 450 g/mol. The van der Waals surface area contributed by atoms with Crippen LogP contribution in [0.5, 0.6) is 5.75 Å². The SMILES string of the molecule is CCOc1ccc(-n2c(SC[C@H]3CCCCO3)nnc2-c2ccc(Br)cc2)cc1. The van der Waals surface area contributed by atoms with Crippen molar-refractivity contribution in [1.29, 1.82) is 0 Å². The number of aromatic nitrogens is 3. The lowest BCUT2D eigenvalue weighted by Gasteiger charge is -2.22. The predicted molar refractivity (Wildman–Crippen MR) is 120 cm³/mol. The molecule has 1 saturated heterocycles. The first-order chi connectivity index (χ1) is 14.2. The second-order valence-electron chi connectivity index (χ2n) is 6.87. The Hall–Kier alpha value is -1.83. The van der Waals surface area contributed by atoms with E-state index in [1.807, 2.05) is 31.2 Å². The molecule has 4 rings (SSSR count). The first-order valence-electron chi connectivity index (χ1n) is 9.93. The topological polar surface area (TPSA) is 49.2 Å². The third-order valence-corrected chi connectivity index (χ3v) is 6.40. The van der Waals surface area contributed by atoms with Crippen molar-refractivity contribution in [1.82, 2.24) is 14.8 Å². The van der Waals surface area contributed by atoms with E-state index >= 15 is 0 Å². The summed E-state index contributed by atoms with van der Waals surface area (Å²) in [5, 5.41) is 9.91. The van der Waals surface area contributed by atoms with E-state index in [0.29, 0.717) is 6.61 Å². The van der Waals surface area contributed by atoms with Crippen molar-refractivity contribution in [3.8, 4) is 22.8 Å². The predicted octanol–water partition coefficient (Wildman–Crippen LogP) is 5.76. The molecule has 29 heavy (non-hydrogen) atoms. The summed E-state index contributed by atoms with van der Waals surface area (Å²) in [5.74, 6) is 2.57. The highest BCUT2D eigenvalue weighted by Gasteiger charge is 2.20. The number of halogens is 1. The van der Waals surface area contributed by atoms with Crippen molar-refractivity contribution >= 4 is 27.7 Å². The summed E-state index contributed by atoms with van der Waals surface area (Å²) in [6.45, 7) is 3.50. The molecule has 0 bridgehead atoms. The van der Waals surface area contributed by atoms with Gasteiger partial charge >= 0.3 is 0 Å². The molecule has 1 atom stereocenters. The molecule has 0 aliphatic carbocycles. The quantitative estimate of drug-likeness (QED) is 0.408. The average Bonchev–Trinajstić information content (AvgIpc) is 3.18. The maximum absolute atomic E-state index is 5.89. The van der Waals surface area contributed by atoms with Gasteiger partial charge in [-0.1, -0.05) is 39.8 Å². The monoisotopic (exact) mass is 473 g/mol. The van der Waals surface area contributed by atoms with Crippen LogP contribution in [0.25, 0.3) is 17.1 Å². The minimum absolute atomic E-state index is 0.287. The van der Waals surface area contributed by atoms with Gasteiger partial charge in [-0.05, 0) is 62.6 Å². The third kappa shape index (κ3) is 5.02. The molecule has 1 fully saturated rings. The minimum Gasteiger partial charge on any atom is -0.494 e. The highest BCUT2D eigenvalue weighted by Crippen LogP contribution is 2.31. The maximum Gasteiger partial charge on any atom is 0.196 e. The molecule has 1 aliphatic heterocycles. The van der Waals surface area contributed by atoms with E-state index in [0.717, 1.165) is 57.7 Å². The Bertz CT molecular complexity index is 922. The fourth-order valence-electron chi connectivity index (χ4n) is 3.35. The molecule has 0 saturated carbocycles. The van der Waals surface area contributed by atoms with Gasteiger partial charge in [-0.3, -0.25) is 4.57 Å². The van der Waals surface area contributed by atoms with E-state index in [1.54, 1.807) is 11.8 Å². The highest BCUT2D eigenvalue weighted by atomic mass is 79.9. The molecular formula is C22H24BrN3O2S. The molecule has 1 aliphatic rings. The lowest BCUT2D eigenvalue weighted by molar-refractivity contribution is 0.0315. The second-order valence-corrected chi connectivity index (χ2v) is 8.78. The number of benzene rings is 2. The summed E-state index contributed by atoms with van der Waals surface area (Å²) in [7, 11) is 0. The molecule has 0 radical (unpaired) electrons. The Balaban J connectivity index is 1.66. The normalized spacial score (nSPS) is 16.7. The van der Waals surface area contributed by atoms with Crippen LogP contribution in [-0.4, -0.2) is 39.8 Å². The van der Waals surface area contributed by atoms with Gasteiger partial charge in [-0.25, -0.2) is 0 Å². The van der Waals surface area contributed by atoms with Gasteiger partial charge in [-0.15, -0.1) is 10.2 Å². The molecule has 0 N–H and O–H groups in total. The fourth-order valence-corrected chi connectivity index (χ4v) is 4.63. The van der Waals surface area contributed by atoms with E-state index in [-0.39, 0.29) is 6.10 Å². The van der Waals surface area contributed by atoms with Gasteiger partial charge in [0.25, 0.3) is 0 Å². The Labute approximate surface area is 184 Å². The molecule has 7 heteroatoms. The number of nitrogens with zero attached hydrogens (tertiary/aromatic N) is 3. The van der Waals surface area contributed by atoms with Gasteiger partial charge in [-0.2, -0.15) is 0 Å². The molecule has 0 spiro atoms. The van der Waals surface area contributed by atoms with Crippen molar-refractivity contribution < 1.29 is 9.47 Å². The molecule has 2 heterocycles. The fraction of sp³-hybridized carbons (Fsp3) is 0.364. The second kappa shape index (κ2) is 9.78. The summed E-state index contributed by atoms with van der Waals surface area (Å²) in [5.41, 5.74) is 2.04. The van der Waals surface area contributed by atoms with E-state index in [4.69, 9.17) is 9.47 Å². The molecule has 0 amide bonds. The zero-order valence-electron chi connectivity index (χ0n) is 16.4. The summed E-state index contributed by atoms with van der Waals surface area (Å²) in [6, 6.07) is 16.2. The molecule has 5 nitrogen and oxygen atoms in total. The lowest BCUT2D eigenvalue weighted by atomic mass is 10.1. The molecule has 152 valence electrons. The third-order valence-electron chi connectivity index (χ3n) is 4.81. The van der Waals surface area contributed by atoms with Crippen LogP contribution in [0.2, 0.25) is 0 Å². The van der Waals surface area contributed by atoms with Crippen LogP contribution in [0, 0.1) is 0 Å². The van der Waals surface area contributed by atoms with Crippen LogP contribution < -0.4 is 4.74 Å². The van der Waals surface area contributed by atoms with Gasteiger partial charge in [0.05, 0.1) is 12.7 Å². The maximum atomic E-state index is 5.89. The number of hydrogen-bond acceptors (Lipinski definition) is 5. The van der Waals surface area contributed by atoms with Gasteiger partial charge in [0, 0.05) is 28.1 Å². The lowest BCUT2D eigenvalue weighted by Crippen LogP contribution is -2.21. The molecule has 3 aromatic rings. The van der Waals surface area contributed by atoms with Crippen molar-refractivity contribution in [2.75, 3.05) is 19.0 Å². The molecule has 0 unspecified atom stereocenters. The highest BCUT2D eigenvalue weighted by molar-refractivity contribution is 9.10. The number of rotatable bonds is 7. The number of hydrogen-bond donors (Lipinski definition) is 0. The van der Waals surface area contributed by atoms with E-state index < -0.39 is 0 Å². The first-order valence-corrected chi connectivity index (χ1v) is 11.7. The van der Waals surface area contributed by atoms with Crippen molar-refractivity contribution in [3.63, 3.8) is 0 Å². The Morgan fingerprint density at radius 3 is 2.59 bits per heavy atom. The largest absolute Gasteiger partial charge is 0.494 e. The Morgan fingerprint density at radius 1 is 1.10 bits per heavy atom. The van der Waals surface area contributed by atoms with E-state index in [2.05, 4.69) is 55.0 Å². The van der Waals surface area contributed by atoms with Crippen molar-refractivity contribution in [3.05, 3.63) is 53.0 Å². The molecule has 1 aromatic heterocycles. The summed E-state index contributed by atoms with van der Waals surface area (Å²) in [4.78, 5) is 0. The summed E-state index contributed by atoms with van der Waals surface area (Å²) >= 11 is 5.21. The van der Waals surface area contributed by atoms with Crippen molar-refractivity contribution in [2.24, 2.45) is 0 Å². The minimum atomic E-state index is 0.287. The van der Waals surface area contributed by atoms with E-state index in [9.17, 15) is 0 Å². The molecule has 2 aromatic carbocycles. The summed E-state index contributed by atoms with van der Waals surface area (Å²) in [6.07, 6.45) is 3.80. The van der Waals surface area contributed by atoms with Gasteiger partial charge in [0.2, 0.25) is 0 Å². The van der Waals surface area contributed by atoms with Crippen LogP contribution in [0.4, 0.5) is 0 Å².